The van der Waals surface area contributed by atoms with Crippen molar-refractivity contribution in [3.63, 3.8) is 0 Å². The summed E-state index contributed by atoms with van der Waals surface area (Å²) in [6.07, 6.45) is 3.86. The number of hydrogen-bond donors (Lipinski definition) is 1. The van der Waals surface area contributed by atoms with Gasteiger partial charge < -0.3 is 19.7 Å². The molecule has 0 aromatic heterocycles. The number of hydrogen-bond acceptors (Lipinski definition) is 3. The molecule has 7 heteroatoms. The molecule has 33 heavy (non-hydrogen) atoms. The summed E-state index contributed by atoms with van der Waals surface area (Å²) in [5.74, 6) is 1.68. The lowest BCUT2D eigenvalue weighted by Crippen LogP contribution is -2.48. The van der Waals surface area contributed by atoms with Gasteiger partial charge in [-0.15, -0.1) is 24.0 Å². The van der Waals surface area contributed by atoms with E-state index >= 15 is 0 Å². The predicted octanol–water partition coefficient (Wildman–Crippen LogP) is 5.00. The molecule has 0 spiro atoms. The van der Waals surface area contributed by atoms with E-state index in [0.29, 0.717) is 19.8 Å². The van der Waals surface area contributed by atoms with E-state index in [9.17, 15) is 4.39 Å². The summed E-state index contributed by atoms with van der Waals surface area (Å²) < 4.78 is 25.8. The average molecular weight is 567 g/mol. The van der Waals surface area contributed by atoms with E-state index in [4.69, 9.17) is 14.5 Å². The van der Waals surface area contributed by atoms with Gasteiger partial charge in [-0.05, 0) is 49.6 Å². The minimum absolute atomic E-state index is 0. The molecule has 0 atom stereocenters. The predicted molar refractivity (Wildman–Crippen MR) is 141 cm³/mol. The molecule has 2 heterocycles. The van der Waals surface area contributed by atoms with Crippen LogP contribution in [0.3, 0.4) is 0 Å². The fourth-order valence-corrected chi connectivity index (χ4v) is 4.65. The fraction of sp³-hybridized carbons (Fsp3) is 0.500. The Morgan fingerprint density at radius 2 is 1.85 bits per heavy atom. The molecule has 180 valence electrons. The van der Waals surface area contributed by atoms with E-state index in [2.05, 4.69) is 17.1 Å². The van der Waals surface area contributed by atoms with Gasteiger partial charge in [0.15, 0.2) is 5.96 Å². The Bertz CT molecular complexity index is 882. The summed E-state index contributed by atoms with van der Waals surface area (Å²) in [5.41, 5.74) is 0.839. The maximum absolute atomic E-state index is 14.0. The van der Waals surface area contributed by atoms with Crippen LogP contribution in [0.1, 0.15) is 38.2 Å². The van der Waals surface area contributed by atoms with Gasteiger partial charge in [0, 0.05) is 51.1 Å². The number of halogens is 2. The largest absolute Gasteiger partial charge is 0.490 e. The molecule has 2 aromatic rings. The van der Waals surface area contributed by atoms with Crippen LogP contribution in [0.4, 0.5) is 4.39 Å². The Balaban J connectivity index is 0.00000306. The van der Waals surface area contributed by atoms with Crippen molar-refractivity contribution in [2.75, 3.05) is 39.4 Å². The molecule has 0 bridgehead atoms. The fourth-order valence-electron chi connectivity index (χ4n) is 4.65. The molecule has 0 aliphatic carbocycles. The van der Waals surface area contributed by atoms with E-state index in [0.717, 1.165) is 62.6 Å². The van der Waals surface area contributed by atoms with Crippen LogP contribution >= 0.6 is 24.0 Å². The van der Waals surface area contributed by atoms with Crippen molar-refractivity contribution >= 4 is 29.9 Å². The Hall–Kier alpha value is -1.87. The highest BCUT2D eigenvalue weighted by Gasteiger charge is 2.35. The second kappa shape index (κ2) is 12.6. The molecule has 2 aliphatic heterocycles. The first-order chi connectivity index (χ1) is 15.7. The van der Waals surface area contributed by atoms with Crippen molar-refractivity contribution < 1.29 is 13.9 Å². The third kappa shape index (κ3) is 6.82. The number of rotatable bonds is 6. The summed E-state index contributed by atoms with van der Waals surface area (Å²) in [4.78, 5) is 7.39. The minimum Gasteiger partial charge on any atom is -0.490 e. The topological polar surface area (TPSA) is 46.1 Å². The number of ether oxygens (including phenoxy) is 2. The molecular weight excluding hydrogens is 532 g/mol. The second-order valence-corrected chi connectivity index (χ2v) is 8.69. The summed E-state index contributed by atoms with van der Waals surface area (Å²) in [6.45, 7) is 6.71. The molecule has 2 saturated heterocycles. The van der Waals surface area contributed by atoms with Crippen LogP contribution in [0.2, 0.25) is 0 Å². The summed E-state index contributed by atoms with van der Waals surface area (Å²) in [5, 5.41) is 3.47. The van der Waals surface area contributed by atoms with Gasteiger partial charge in [0.2, 0.25) is 0 Å². The quantitative estimate of drug-likeness (QED) is 0.303. The van der Waals surface area contributed by atoms with E-state index in [1.165, 1.54) is 6.07 Å². The van der Waals surface area contributed by atoms with Gasteiger partial charge in [0.05, 0.1) is 6.54 Å². The van der Waals surface area contributed by atoms with Gasteiger partial charge in [-0.25, -0.2) is 4.39 Å². The van der Waals surface area contributed by atoms with Crippen molar-refractivity contribution in [2.45, 2.75) is 44.1 Å². The zero-order chi connectivity index (χ0) is 22.2. The van der Waals surface area contributed by atoms with Crippen LogP contribution in [-0.4, -0.2) is 56.4 Å². The average Bonchev–Trinajstić information content (AvgIpc) is 2.84. The summed E-state index contributed by atoms with van der Waals surface area (Å²) >= 11 is 0. The van der Waals surface area contributed by atoms with Crippen LogP contribution in [-0.2, 0) is 10.2 Å². The highest BCUT2D eigenvalue weighted by Crippen LogP contribution is 2.35. The number of guanidine groups is 1. The van der Waals surface area contributed by atoms with Gasteiger partial charge in [-0.1, -0.05) is 30.3 Å². The normalized spacial score (nSPS) is 19.0. The van der Waals surface area contributed by atoms with Crippen molar-refractivity contribution in [2.24, 2.45) is 4.99 Å². The number of likely N-dealkylation sites (tertiary alicyclic amines) is 1. The molecule has 2 fully saturated rings. The van der Waals surface area contributed by atoms with E-state index in [-0.39, 0.29) is 41.3 Å². The summed E-state index contributed by atoms with van der Waals surface area (Å²) in [7, 11) is 0. The third-order valence-corrected chi connectivity index (χ3v) is 6.54. The second-order valence-electron chi connectivity index (χ2n) is 8.69. The van der Waals surface area contributed by atoms with Gasteiger partial charge >= 0.3 is 0 Å². The van der Waals surface area contributed by atoms with Gasteiger partial charge in [0.25, 0.3) is 0 Å². The first-order valence-corrected chi connectivity index (χ1v) is 11.8. The Morgan fingerprint density at radius 3 is 2.52 bits per heavy atom. The standard InChI is InChI=1S/C26H34FN3O2.HI/c1-2-28-25(30-15-11-24(12-16-30)32-23-9-4-3-5-10-23)29-20-26(13-17-31-18-14-26)21-7-6-8-22(27)19-21;/h3-10,19,24H,2,11-18,20H2,1H3,(H,28,29);1H. The molecule has 2 aliphatic rings. The Labute approximate surface area is 213 Å². The molecule has 4 rings (SSSR count). The number of nitrogens with zero attached hydrogens (tertiary/aromatic N) is 2. The van der Waals surface area contributed by atoms with Crippen LogP contribution in [0, 0.1) is 5.82 Å². The lowest BCUT2D eigenvalue weighted by atomic mass is 9.74. The monoisotopic (exact) mass is 567 g/mol. The van der Waals surface area contributed by atoms with Crippen molar-refractivity contribution in [1.82, 2.24) is 10.2 Å². The van der Waals surface area contributed by atoms with Gasteiger partial charge in [-0.3, -0.25) is 4.99 Å². The molecule has 0 saturated carbocycles. The van der Waals surface area contributed by atoms with Crippen LogP contribution in [0.15, 0.2) is 59.6 Å². The van der Waals surface area contributed by atoms with E-state index in [1.54, 1.807) is 12.1 Å². The summed E-state index contributed by atoms with van der Waals surface area (Å²) in [6, 6.07) is 17.0. The number of nitrogens with one attached hydrogen (secondary N) is 1. The zero-order valence-electron chi connectivity index (χ0n) is 19.3. The van der Waals surface area contributed by atoms with Gasteiger partial charge in [-0.2, -0.15) is 0 Å². The van der Waals surface area contributed by atoms with E-state index < -0.39 is 0 Å². The van der Waals surface area contributed by atoms with E-state index in [1.807, 2.05) is 36.4 Å². The van der Waals surface area contributed by atoms with Crippen LogP contribution in [0.5, 0.6) is 5.75 Å². The van der Waals surface area contributed by atoms with Crippen molar-refractivity contribution in [1.29, 1.82) is 0 Å². The maximum Gasteiger partial charge on any atom is 0.193 e. The molecule has 0 radical (unpaired) electrons. The SMILES string of the molecule is CCNC(=NCC1(c2cccc(F)c2)CCOCC1)N1CCC(Oc2ccccc2)CC1.I. The van der Waals surface area contributed by atoms with Crippen molar-refractivity contribution in [3.8, 4) is 5.75 Å². The molecule has 1 N–H and O–H groups in total. The number of piperidine rings is 1. The maximum atomic E-state index is 14.0. The Morgan fingerprint density at radius 1 is 1.12 bits per heavy atom. The first-order valence-electron chi connectivity index (χ1n) is 11.8. The van der Waals surface area contributed by atoms with Crippen LogP contribution in [0.25, 0.3) is 0 Å². The Kier molecular flexibility index (Phi) is 9.79. The molecule has 0 amide bonds. The highest BCUT2D eigenvalue weighted by molar-refractivity contribution is 14.0. The number of benzene rings is 2. The molecule has 5 nitrogen and oxygen atoms in total. The molecule has 0 unspecified atom stereocenters. The lowest BCUT2D eigenvalue weighted by molar-refractivity contribution is 0.0528. The van der Waals surface area contributed by atoms with Gasteiger partial charge in [0.1, 0.15) is 17.7 Å². The molecule has 2 aromatic carbocycles. The molecular formula is C26H35FIN3O2. The first kappa shape index (κ1) is 25.7. The van der Waals surface area contributed by atoms with Crippen LogP contribution < -0.4 is 10.1 Å². The van der Waals surface area contributed by atoms with Crippen molar-refractivity contribution in [3.05, 3.63) is 66.0 Å². The zero-order valence-corrected chi connectivity index (χ0v) is 21.7. The smallest absolute Gasteiger partial charge is 0.193 e. The number of aliphatic imine (C=N–C) groups is 1. The highest BCUT2D eigenvalue weighted by atomic mass is 127. The number of para-hydroxylation sites is 1. The minimum atomic E-state index is -0.190. The third-order valence-electron chi connectivity index (χ3n) is 6.54. The lowest BCUT2D eigenvalue weighted by Gasteiger charge is -2.38.